The predicted molar refractivity (Wildman–Crippen MR) is 91.0 cm³/mol. The van der Waals surface area contributed by atoms with Gasteiger partial charge in [-0.2, -0.15) is 0 Å². The minimum absolute atomic E-state index is 0.367. The lowest BCUT2D eigenvalue weighted by atomic mass is 9.94. The Labute approximate surface area is 134 Å². The first-order valence-corrected chi connectivity index (χ1v) is 8.96. The molecule has 1 atom stereocenters. The van der Waals surface area contributed by atoms with Crippen LogP contribution in [0, 0.1) is 5.92 Å². The van der Waals surface area contributed by atoms with Crippen molar-refractivity contribution < 1.29 is 5.11 Å². The van der Waals surface area contributed by atoms with Crippen LogP contribution in [0.4, 0.5) is 0 Å². The van der Waals surface area contributed by atoms with Crippen LogP contribution in [0.3, 0.4) is 0 Å². The van der Waals surface area contributed by atoms with E-state index >= 15 is 0 Å². The Morgan fingerprint density at radius 3 is 2.50 bits per heavy atom. The second kappa shape index (κ2) is 8.09. The monoisotopic (exact) mass is 302 g/mol. The molecule has 0 spiro atoms. The van der Waals surface area contributed by atoms with Gasteiger partial charge in [0.15, 0.2) is 0 Å². The summed E-state index contributed by atoms with van der Waals surface area (Å²) in [4.78, 5) is 5.27. The van der Waals surface area contributed by atoms with Crippen molar-refractivity contribution in [2.24, 2.45) is 5.92 Å². The fourth-order valence-electron chi connectivity index (χ4n) is 4.02. The maximum atomic E-state index is 9.39. The van der Waals surface area contributed by atoms with Crippen LogP contribution in [0.15, 0.2) is 30.3 Å². The van der Waals surface area contributed by atoms with Gasteiger partial charge in [0.2, 0.25) is 0 Å². The molecule has 2 fully saturated rings. The highest BCUT2D eigenvalue weighted by molar-refractivity contribution is 5.14. The molecule has 122 valence electrons. The number of nitrogens with zero attached hydrogens (tertiary/aromatic N) is 2. The van der Waals surface area contributed by atoms with Crippen molar-refractivity contribution >= 4 is 0 Å². The third-order valence-corrected chi connectivity index (χ3v) is 5.44. The number of hydrogen-bond donors (Lipinski definition) is 1. The highest BCUT2D eigenvalue weighted by Gasteiger charge is 2.28. The molecule has 0 bridgehead atoms. The Balaban J connectivity index is 1.40. The van der Waals surface area contributed by atoms with E-state index in [-0.39, 0.29) is 0 Å². The Kier molecular flexibility index (Phi) is 5.88. The number of rotatable bonds is 5. The standard InChI is InChI=1S/C19H30N2O/c22-16-18-7-4-11-21(15-18)19-9-13-20(14-10-19)12-8-17-5-2-1-3-6-17/h1-3,5-6,18-19,22H,4,7-16H2/t18-/m1/s1. The largest absolute Gasteiger partial charge is 0.396 e. The molecular weight excluding hydrogens is 272 g/mol. The number of aliphatic hydroxyl groups excluding tert-OH is 1. The molecule has 2 aliphatic heterocycles. The summed E-state index contributed by atoms with van der Waals surface area (Å²) in [5.41, 5.74) is 1.45. The summed E-state index contributed by atoms with van der Waals surface area (Å²) in [6.45, 7) is 6.38. The summed E-state index contributed by atoms with van der Waals surface area (Å²) in [5.74, 6) is 0.518. The molecule has 1 aromatic rings. The van der Waals surface area contributed by atoms with Crippen molar-refractivity contribution in [1.82, 2.24) is 9.80 Å². The first kappa shape index (κ1) is 16.0. The number of hydrogen-bond acceptors (Lipinski definition) is 3. The summed E-state index contributed by atoms with van der Waals surface area (Å²) < 4.78 is 0. The molecule has 0 saturated carbocycles. The molecule has 0 amide bonds. The molecule has 2 heterocycles. The molecule has 2 aliphatic rings. The summed E-state index contributed by atoms with van der Waals surface area (Å²) in [7, 11) is 0. The summed E-state index contributed by atoms with van der Waals surface area (Å²) in [6.07, 6.45) is 6.24. The second-order valence-corrected chi connectivity index (χ2v) is 6.99. The lowest BCUT2D eigenvalue weighted by Gasteiger charge is -2.42. The highest BCUT2D eigenvalue weighted by atomic mass is 16.3. The SMILES string of the molecule is OC[C@@H]1CCCN(C2CCN(CCc3ccccc3)CC2)C1. The van der Waals surface area contributed by atoms with Gasteiger partial charge in [0, 0.05) is 25.7 Å². The molecule has 1 aromatic carbocycles. The maximum absolute atomic E-state index is 9.39. The smallest absolute Gasteiger partial charge is 0.0471 e. The van der Waals surface area contributed by atoms with E-state index in [1.54, 1.807) is 0 Å². The first-order valence-electron chi connectivity index (χ1n) is 8.96. The topological polar surface area (TPSA) is 26.7 Å². The van der Waals surface area contributed by atoms with E-state index in [1.165, 1.54) is 63.8 Å². The van der Waals surface area contributed by atoms with Crippen LogP contribution >= 0.6 is 0 Å². The fourth-order valence-corrected chi connectivity index (χ4v) is 4.02. The Morgan fingerprint density at radius 2 is 1.77 bits per heavy atom. The average Bonchev–Trinajstić information content (AvgIpc) is 2.61. The highest BCUT2D eigenvalue weighted by Crippen LogP contribution is 2.23. The van der Waals surface area contributed by atoms with Crippen LogP contribution in [-0.4, -0.2) is 60.3 Å². The van der Waals surface area contributed by atoms with Crippen LogP contribution in [0.5, 0.6) is 0 Å². The van der Waals surface area contributed by atoms with Crippen LogP contribution in [0.2, 0.25) is 0 Å². The van der Waals surface area contributed by atoms with Crippen molar-refractivity contribution in [2.75, 3.05) is 39.3 Å². The number of likely N-dealkylation sites (tertiary alicyclic amines) is 2. The zero-order valence-corrected chi connectivity index (χ0v) is 13.7. The van der Waals surface area contributed by atoms with E-state index in [1.807, 2.05) is 0 Å². The molecule has 3 nitrogen and oxygen atoms in total. The van der Waals surface area contributed by atoms with E-state index in [4.69, 9.17) is 0 Å². The third-order valence-electron chi connectivity index (χ3n) is 5.44. The van der Waals surface area contributed by atoms with Crippen molar-refractivity contribution in [3.63, 3.8) is 0 Å². The fraction of sp³-hybridized carbons (Fsp3) is 0.684. The molecule has 0 aromatic heterocycles. The summed E-state index contributed by atoms with van der Waals surface area (Å²) in [5, 5.41) is 9.39. The molecule has 22 heavy (non-hydrogen) atoms. The van der Waals surface area contributed by atoms with Gasteiger partial charge in [0.1, 0.15) is 0 Å². The molecule has 3 rings (SSSR count). The molecule has 2 saturated heterocycles. The van der Waals surface area contributed by atoms with E-state index in [0.717, 1.165) is 12.6 Å². The van der Waals surface area contributed by atoms with Gasteiger partial charge in [-0.15, -0.1) is 0 Å². The van der Waals surface area contributed by atoms with Gasteiger partial charge in [-0.3, -0.25) is 4.90 Å². The Bertz CT molecular complexity index is 428. The second-order valence-electron chi connectivity index (χ2n) is 6.99. The average molecular weight is 302 g/mol. The van der Waals surface area contributed by atoms with Crippen LogP contribution in [-0.2, 0) is 6.42 Å². The quantitative estimate of drug-likeness (QED) is 0.905. The lowest BCUT2D eigenvalue weighted by molar-refractivity contribution is 0.0545. The predicted octanol–water partition coefficient (Wildman–Crippen LogP) is 2.40. The van der Waals surface area contributed by atoms with Gasteiger partial charge in [-0.05, 0) is 63.2 Å². The molecule has 3 heteroatoms. The van der Waals surface area contributed by atoms with Gasteiger partial charge in [-0.25, -0.2) is 0 Å². The van der Waals surface area contributed by atoms with Gasteiger partial charge < -0.3 is 10.0 Å². The summed E-state index contributed by atoms with van der Waals surface area (Å²) in [6, 6.07) is 11.6. The first-order chi connectivity index (χ1) is 10.8. The third kappa shape index (κ3) is 4.31. The molecular formula is C19H30N2O. The van der Waals surface area contributed by atoms with Gasteiger partial charge in [-0.1, -0.05) is 30.3 Å². The van der Waals surface area contributed by atoms with E-state index in [9.17, 15) is 5.11 Å². The molecule has 1 N–H and O–H groups in total. The van der Waals surface area contributed by atoms with Crippen LogP contribution in [0.1, 0.15) is 31.2 Å². The van der Waals surface area contributed by atoms with Crippen molar-refractivity contribution in [1.29, 1.82) is 0 Å². The minimum Gasteiger partial charge on any atom is -0.396 e. The lowest BCUT2D eigenvalue weighted by Crippen LogP contribution is -2.49. The minimum atomic E-state index is 0.367. The van der Waals surface area contributed by atoms with Gasteiger partial charge in [0.05, 0.1) is 0 Å². The van der Waals surface area contributed by atoms with Crippen LogP contribution < -0.4 is 0 Å². The van der Waals surface area contributed by atoms with Crippen LogP contribution in [0.25, 0.3) is 0 Å². The van der Waals surface area contributed by atoms with E-state index in [2.05, 4.69) is 40.1 Å². The normalized spacial score (nSPS) is 25.4. The zero-order valence-electron chi connectivity index (χ0n) is 13.7. The zero-order chi connectivity index (χ0) is 15.2. The Morgan fingerprint density at radius 1 is 1.00 bits per heavy atom. The van der Waals surface area contributed by atoms with Crippen molar-refractivity contribution in [3.8, 4) is 0 Å². The number of benzene rings is 1. The molecule has 0 radical (unpaired) electrons. The summed E-state index contributed by atoms with van der Waals surface area (Å²) >= 11 is 0. The van der Waals surface area contributed by atoms with Crippen molar-refractivity contribution in [3.05, 3.63) is 35.9 Å². The van der Waals surface area contributed by atoms with Gasteiger partial charge in [0.25, 0.3) is 0 Å². The molecule has 0 unspecified atom stereocenters. The Hall–Kier alpha value is -0.900. The van der Waals surface area contributed by atoms with Gasteiger partial charge >= 0.3 is 0 Å². The number of aliphatic hydroxyl groups is 1. The van der Waals surface area contributed by atoms with Crippen molar-refractivity contribution in [2.45, 2.75) is 38.1 Å². The van der Waals surface area contributed by atoms with E-state index < -0.39 is 0 Å². The maximum Gasteiger partial charge on any atom is 0.0471 e. The van der Waals surface area contributed by atoms with E-state index in [0.29, 0.717) is 12.5 Å². The number of piperidine rings is 2. The molecule has 0 aliphatic carbocycles.